The average Bonchev–Trinajstić information content (AvgIpc) is 2.26. The van der Waals surface area contributed by atoms with Crippen LogP contribution in [-0.2, 0) is 6.42 Å². The van der Waals surface area contributed by atoms with Crippen molar-refractivity contribution < 1.29 is 9.59 Å². The molecule has 86 valence electrons. The predicted octanol–water partition coefficient (Wildman–Crippen LogP) is 1.02. The van der Waals surface area contributed by atoms with Gasteiger partial charge in [-0.1, -0.05) is 6.92 Å². The molecular formula is C12H16N2O2. The molecule has 0 saturated carbocycles. The van der Waals surface area contributed by atoms with Gasteiger partial charge in [-0.2, -0.15) is 0 Å². The smallest absolute Gasteiger partial charge is 0.251 e. The second kappa shape index (κ2) is 4.79. The minimum absolute atomic E-state index is 0.192. The molecule has 0 aliphatic heterocycles. The van der Waals surface area contributed by atoms with E-state index in [1.165, 1.54) is 0 Å². The highest BCUT2D eigenvalue weighted by molar-refractivity contribution is 6.01. The first-order chi connectivity index (χ1) is 7.51. The van der Waals surface area contributed by atoms with Crippen molar-refractivity contribution in [1.82, 2.24) is 5.32 Å². The molecule has 0 fully saturated rings. The summed E-state index contributed by atoms with van der Waals surface area (Å²) >= 11 is 0. The number of aryl methyl sites for hydroxylation is 1. The van der Waals surface area contributed by atoms with Crippen LogP contribution in [0.2, 0.25) is 0 Å². The van der Waals surface area contributed by atoms with E-state index < -0.39 is 5.91 Å². The van der Waals surface area contributed by atoms with E-state index in [1.54, 1.807) is 19.2 Å². The average molecular weight is 220 g/mol. The van der Waals surface area contributed by atoms with Crippen LogP contribution in [0.3, 0.4) is 0 Å². The Morgan fingerprint density at radius 2 is 1.88 bits per heavy atom. The molecule has 16 heavy (non-hydrogen) atoms. The molecule has 4 heteroatoms. The maximum atomic E-state index is 11.7. The van der Waals surface area contributed by atoms with Gasteiger partial charge in [0.05, 0.1) is 0 Å². The number of hydrogen-bond donors (Lipinski definition) is 2. The molecule has 0 saturated heterocycles. The van der Waals surface area contributed by atoms with Gasteiger partial charge < -0.3 is 11.1 Å². The number of benzene rings is 1. The van der Waals surface area contributed by atoms with Gasteiger partial charge >= 0.3 is 0 Å². The first-order valence-electron chi connectivity index (χ1n) is 5.16. The van der Waals surface area contributed by atoms with Crippen molar-refractivity contribution in [2.45, 2.75) is 20.3 Å². The van der Waals surface area contributed by atoms with Crippen LogP contribution in [0.4, 0.5) is 0 Å². The van der Waals surface area contributed by atoms with Crippen molar-refractivity contribution in [3.8, 4) is 0 Å². The molecule has 0 radical (unpaired) electrons. The Morgan fingerprint density at radius 3 is 2.31 bits per heavy atom. The largest absolute Gasteiger partial charge is 0.366 e. The fourth-order valence-electron chi connectivity index (χ4n) is 1.75. The summed E-state index contributed by atoms with van der Waals surface area (Å²) < 4.78 is 0. The van der Waals surface area contributed by atoms with Crippen LogP contribution in [0.25, 0.3) is 0 Å². The summed E-state index contributed by atoms with van der Waals surface area (Å²) in [4.78, 5) is 22.9. The molecule has 0 aromatic heterocycles. The third kappa shape index (κ3) is 2.21. The summed E-state index contributed by atoms with van der Waals surface area (Å²) in [5.41, 5.74) is 7.81. The highest BCUT2D eigenvalue weighted by atomic mass is 16.2. The van der Waals surface area contributed by atoms with E-state index in [4.69, 9.17) is 5.73 Å². The summed E-state index contributed by atoms with van der Waals surface area (Å²) in [6.07, 6.45) is 0.599. The molecule has 1 aromatic carbocycles. The lowest BCUT2D eigenvalue weighted by molar-refractivity contribution is 0.0962. The summed E-state index contributed by atoms with van der Waals surface area (Å²) in [6, 6.07) is 3.48. The van der Waals surface area contributed by atoms with Crippen LogP contribution in [0, 0.1) is 6.92 Å². The maximum Gasteiger partial charge on any atom is 0.251 e. The van der Waals surface area contributed by atoms with Crippen molar-refractivity contribution in [2.24, 2.45) is 5.73 Å². The van der Waals surface area contributed by atoms with Gasteiger partial charge in [-0.05, 0) is 36.6 Å². The fraction of sp³-hybridized carbons (Fsp3) is 0.333. The number of rotatable bonds is 3. The van der Waals surface area contributed by atoms with Gasteiger partial charge in [0.25, 0.3) is 5.91 Å². The zero-order chi connectivity index (χ0) is 12.3. The highest BCUT2D eigenvalue weighted by Crippen LogP contribution is 2.18. The Kier molecular flexibility index (Phi) is 3.66. The van der Waals surface area contributed by atoms with E-state index >= 15 is 0 Å². The van der Waals surface area contributed by atoms with Crippen LogP contribution >= 0.6 is 0 Å². The van der Waals surface area contributed by atoms with Crippen molar-refractivity contribution in [2.75, 3.05) is 7.05 Å². The molecule has 2 amide bonds. The molecule has 3 N–H and O–H groups in total. The topological polar surface area (TPSA) is 72.2 Å². The van der Waals surface area contributed by atoms with Crippen molar-refractivity contribution in [1.29, 1.82) is 0 Å². The quantitative estimate of drug-likeness (QED) is 0.798. The zero-order valence-corrected chi connectivity index (χ0v) is 9.76. The Labute approximate surface area is 94.8 Å². The van der Waals surface area contributed by atoms with Gasteiger partial charge in [0.2, 0.25) is 5.91 Å². The van der Waals surface area contributed by atoms with Gasteiger partial charge in [0.1, 0.15) is 0 Å². The van der Waals surface area contributed by atoms with Gasteiger partial charge in [-0.15, -0.1) is 0 Å². The molecule has 1 rings (SSSR count). The van der Waals surface area contributed by atoms with E-state index in [-0.39, 0.29) is 5.91 Å². The van der Waals surface area contributed by atoms with Crippen molar-refractivity contribution in [3.63, 3.8) is 0 Å². The summed E-state index contributed by atoms with van der Waals surface area (Å²) in [6.45, 7) is 3.72. The number of carbonyl (C=O) groups excluding carboxylic acids is 2. The lowest BCUT2D eigenvalue weighted by atomic mass is 9.95. The number of primary amides is 1. The molecule has 0 spiro atoms. The molecule has 1 aromatic rings. The molecule has 0 aliphatic carbocycles. The second-order valence-corrected chi connectivity index (χ2v) is 3.64. The number of hydrogen-bond acceptors (Lipinski definition) is 2. The van der Waals surface area contributed by atoms with E-state index in [2.05, 4.69) is 5.32 Å². The predicted molar refractivity (Wildman–Crippen MR) is 62.5 cm³/mol. The van der Waals surface area contributed by atoms with Crippen LogP contribution in [0.1, 0.15) is 38.8 Å². The Hall–Kier alpha value is -1.84. The number of carbonyl (C=O) groups is 2. The molecular weight excluding hydrogens is 204 g/mol. The minimum atomic E-state index is -0.495. The lowest BCUT2D eigenvalue weighted by Gasteiger charge is -2.11. The lowest BCUT2D eigenvalue weighted by Crippen LogP contribution is -2.23. The van der Waals surface area contributed by atoms with Crippen molar-refractivity contribution in [3.05, 3.63) is 34.4 Å². The van der Waals surface area contributed by atoms with Gasteiger partial charge in [0.15, 0.2) is 0 Å². The number of nitrogens with two attached hydrogens (primary N) is 1. The first-order valence-corrected chi connectivity index (χ1v) is 5.16. The number of amides is 2. The van der Waals surface area contributed by atoms with E-state index in [0.29, 0.717) is 23.1 Å². The molecule has 0 aliphatic rings. The van der Waals surface area contributed by atoms with Crippen LogP contribution in [-0.4, -0.2) is 18.9 Å². The molecule has 0 bridgehead atoms. The van der Waals surface area contributed by atoms with E-state index in [0.717, 1.165) is 5.56 Å². The molecule has 0 heterocycles. The zero-order valence-electron chi connectivity index (χ0n) is 9.76. The summed E-state index contributed by atoms with van der Waals surface area (Å²) in [5, 5.41) is 2.56. The van der Waals surface area contributed by atoms with Crippen LogP contribution < -0.4 is 11.1 Å². The third-order valence-electron chi connectivity index (χ3n) is 2.48. The fourth-order valence-corrected chi connectivity index (χ4v) is 1.75. The first kappa shape index (κ1) is 12.2. The second-order valence-electron chi connectivity index (χ2n) is 3.64. The SMILES string of the molecule is CCc1c(C(N)=O)cc(C)cc1C(=O)NC. The summed E-state index contributed by atoms with van der Waals surface area (Å²) in [5.74, 6) is -0.686. The van der Waals surface area contributed by atoms with E-state index in [9.17, 15) is 9.59 Å². The molecule has 4 nitrogen and oxygen atoms in total. The van der Waals surface area contributed by atoms with Gasteiger partial charge in [-0.25, -0.2) is 0 Å². The Bertz CT molecular complexity index is 439. The normalized spacial score (nSPS) is 9.94. The van der Waals surface area contributed by atoms with Crippen LogP contribution in [0.5, 0.6) is 0 Å². The van der Waals surface area contributed by atoms with Gasteiger partial charge in [-0.3, -0.25) is 9.59 Å². The Morgan fingerprint density at radius 1 is 1.31 bits per heavy atom. The maximum absolute atomic E-state index is 11.7. The van der Waals surface area contributed by atoms with E-state index in [1.807, 2.05) is 13.8 Å². The summed E-state index contributed by atoms with van der Waals surface area (Å²) in [7, 11) is 1.56. The highest BCUT2D eigenvalue weighted by Gasteiger charge is 2.16. The monoisotopic (exact) mass is 220 g/mol. The minimum Gasteiger partial charge on any atom is -0.366 e. The molecule has 0 atom stereocenters. The van der Waals surface area contributed by atoms with Crippen molar-refractivity contribution >= 4 is 11.8 Å². The number of nitrogens with one attached hydrogen (secondary N) is 1. The standard InChI is InChI=1S/C12H16N2O2/c1-4-8-9(11(13)15)5-7(2)6-10(8)12(16)14-3/h5-6H,4H2,1-3H3,(H2,13,15)(H,14,16). The Balaban J connectivity index is 3.48. The molecule has 0 unspecified atom stereocenters. The van der Waals surface area contributed by atoms with Crippen LogP contribution in [0.15, 0.2) is 12.1 Å². The third-order valence-corrected chi connectivity index (χ3v) is 2.48. The van der Waals surface area contributed by atoms with Gasteiger partial charge in [0, 0.05) is 18.2 Å².